The predicted molar refractivity (Wildman–Crippen MR) is 110 cm³/mol. The maximum atomic E-state index is 13.1. The number of benzene rings is 1. The monoisotopic (exact) mass is 435 g/mol. The number of fused-ring (bicyclic) bond motifs is 1. The number of carbonyl (C=O) groups is 1. The van der Waals surface area contributed by atoms with E-state index in [9.17, 15) is 9.59 Å². The molecule has 2 aromatic rings. The van der Waals surface area contributed by atoms with Crippen molar-refractivity contribution in [1.29, 1.82) is 0 Å². The smallest absolute Gasteiger partial charge is 0.262 e. The Bertz CT molecular complexity index is 908. The number of carbonyl (C=O) groups excluding carboxylic acids is 1. The lowest BCUT2D eigenvalue weighted by Gasteiger charge is -2.16. The maximum Gasteiger partial charge on any atom is 0.262 e. The lowest BCUT2D eigenvalue weighted by molar-refractivity contribution is -0.118. The van der Waals surface area contributed by atoms with Gasteiger partial charge in [-0.05, 0) is 50.3 Å². The minimum absolute atomic E-state index is 0.0490. The predicted octanol–water partition coefficient (Wildman–Crippen LogP) is 3.89. The fraction of sp³-hybridized carbons (Fsp3) is 0.421. The standard InChI is InChI=1S/C19H22BrN3O2S/c1-21-17(24)12-26-19-22-16-8-7-14(20)11-15(16)18(25)23(19)10-9-13-5-3-2-4-6-13/h5,7-8,11H,2-4,6,9-10,12H2,1H3,(H,21,24). The Balaban J connectivity index is 1.95. The first-order valence-corrected chi connectivity index (χ1v) is 10.6. The highest BCUT2D eigenvalue weighted by Crippen LogP contribution is 2.23. The van der Waals surface area contributed by atoms with Crippen LogP contribution in [0, 0.1) is 0 Å². The third-order valence-electron chi connectivity index (χ3n) is 4.53. The summed E-state index contributed by atoms with van der Waals surface area (Å²) in [6.45, 7) is 0.593. The molecular weight excluding hydrogens is 414 g/mol. The average molecular weight is 436 g/mol. The molecule has 5 nitrogen and oxygen atoms in total. The summed E-state index contributed by atoms with van der Waals surface area (Å²) in [5, 5.41) is 3.81. The Labute approximate surface area is 165 Å². The number of nitrogens with zero attached hydrogens (tertiary/aromatic N) is 2. The molecule has 0 fully saturated rings. The van der Waals surface area contributed by atoms with Gasteiger partial charge in [-0.2, -0.15) is 0 Å². The molecule has 1 amide bonds. The van der Waals surface area contributed by atoms with E-state index in [-0.39, 0.29) is 17.2 Å². The molecule has 0 atom stereocenters. The molecule has 0 spiro atoms. The molecule has 0 bridgehead atoms. The molecule has 1 aromatic carbocycles. The van der Waals surface area contributed by atoms with Crippen LogP contribution >= 0.6 is 27.7 Å². The molecule has 1 aromatic heterocycles. The fourth-order valence-electron chi connectivity index (χ4n) is 3.07. The van der Waals surface area contributed by atoms with Gasteiger partial charge >= 0.3 is 0 Å². The summed E-state index contributed by atoms with van der Waals surface area (Å²) in [6.07, 6.45) is 7.88. The van der Waals surface area contributed by atoms with Crippen molar-refractivity contribution in [2.24, 2.45) is 0 Å². The van der Waals surface area contributed by atoms with E-state index < -0.39 is 0 Å². The van der Waals surface area contributed by atoms with Crippen molar-refractivity contribution in [3.63, 3.8) is 0 Å². The molecule has 0 saturated carbocycles. The van der Waals surface area contributed by atoms with Crippen molar-refractivity contribution in [2.75, 3.05) is 12.8 Å². The minimum atomic E-state index is -0.0818. The third kappa shape index (κ3) is 4.57. The summed E-state index contributed by atoms with van der Waals surface area (Å²) in [7, 11) is 1.61. The van der Waals surface area contributed by atoms with E-state index in [1.54, 1.807) is 11.6 Å². The number of rotatable bonds is 6. The van der Waals surface area contributed by atoms with Gasteiger partial charge in [-0.3, -0.25) is 14.2 Å². The molecule has 1 aliphatic rings. The Hall–Kier alpha value is -1.60. The molecule has 0 unspecified atom stereocenters. The van der Waals surface area contributed by atoms with Crippen LogP contribution in [0.1, 0.15) is 32.1 Å². The highest BCUT2D eigenvalue weighted by Gasteiger charge is 2.14. The van der Waals surface area contributed by atoms with Crippen LogP contribution in [0.25, 0.3) is 10.9 Å². The molecule has 7 heteroatoms. The molecule has 0 radical (unpaired) electrons. The van der Waals surface area contributed by atoms with Crippen molar-refractivity contribution in [3.8, 4) is 0 Å². The van der Waals surface area contributed by atoms with Gasteiger partial charge in [0.15, 0.2) is 5.16 Å². The molecule has 0 aliphatic heterocycles. The van der Waals surface area contributed by atoms with E-state index in [1.165, 1.54) is 30.2 Å². The first-order chi connectivity index (χ1) is 12.6. The lowest BCUT2D eigenvalue weighted by atomic mass is 9.97. The Kier molecular flexibility index (Phi) is 6.53. The summed E-state index contributed by atoms with van der Waals surface area (Å²) in [5.74, 6) is 0.162. The van der Waals surface area contributed by atoms with E-state index in [0.29, 0.717) is 22.6 Å². The van der Waals surface area contributed by atoms with Crippen molar-refractivity contribution in [1.82, 2.24) is 14.9 Å². The van der Waals surface area contributed by atoms with Gasteiger partial charge in [0.1, 0.15) is 0 Å². The van der Waals surface area contributed by atoms with Crippen LogP contribution in [-0.4, -0.2) is 28.3 Å². The normalized spacial score (nSPS) is 14.3. The van der Waals surface area contributed by atoms with Crippen LogP contribution in [0.2, 0.25) is 0 Å². The van der Waals surface area contributed by atoms with E-state index in [1.807, 2.05) is 18.2 Å². The number of aromatic nitrogens is 2. The Morgan fingerprint density at radius 2 is 2.23 bits per heavy atom. The van der Waals surface area contributed by atoms with Gasteiger partial charge in [0.05, 0.1) is 16.7 Å². The zero-order valence-electron chi connectivity index (χ0n) is 14.8. The van der Waals surface area contributed by atoms with Gasteiger partial charge in [0.25, 0.3) is 5.56 Å². The van der Waals surface area contributed by atoms with Gasteiger partial charge in [0.2, 0.25) is 5.91 Å². The van der Waals surface area contributed by atoms with Crippen LogP contribution in [0.5, 0.6) is 0 Å². The number of thioether (sulfide) groups is 1. The summed E-state index contributed by atoms with van der Waals surface area (Å²) < 4.78 is 2.58. The lowest BCUT2D eigenvalue weighted by Crippen LogP contribution is -2.25. The molecule has 138 valence electrons. The van der Waals surface area contributed by atoms with E-state index in [2.05, 4.69) is 32.3 Å². The first kappa shape index (κ1) is 19.2. The highest BCUT2D eigenvalue weighted by molar-refractivity contribution is 9.10. The Morgan fingerprint density at radius 1 is 1.38 bits per heavy atom. The van der Waals surface area contributed by atoms with Gasteiger partial charge < -0.3 is 5.32 Å². The van der Waals surface area contributed by atoms with Crippen molar-refractivity contribution in [3.05, 3.63) is 44.7 Å². The van der Waals surface area contributed by atoms with Gasteiger partial charge in [-0.25, -0.2) is 4.98 Å². The van der Waals surface area contributed by atoms with Crippen LogP contribution in [0.3, 0.4) is 0 Å². The maximum absolute atomic E-state index is 13.1. The van der Waals surface area contributed by atoms with Crippen molar-refractivity contribution in [2.45, 2.75) is 43.8 Å². The largest absolute Gasteiger partial charge is 0.358 e. The number of nitrogens with one attached hydrogen (secondary N) is 1. The topological polar surface area (TPSA) is 64.0 Å². The summed E-state index contributed by atoms with van der Waals surface area (Å²) >= 11 is 4.74. The van der Waals surface area contributed by atoms with Gasteiger partial charge in [-0.1, -0.05) is 39.3 Å². The van der Waals surface area contributed by atoms with Gasteiger partial charge in [-0.15, -0.1) is 0 Å². The fourth-order valence-corrected chi connectivity index (χ4v) is 4.33. The van der Waals surface area contributed by atoms with Crippen LogP contribution in [-0.2, 0) is 11.3 Å². The third-order valence-corrected chi connectivity index (χ3v) is 6.00. The Morgan fingerprint density at radius 3 is 2.96 bits per heavy atom. The zero-order chi connectivity index (χ0) is 18.5. The zero-order valence-corrected chi connectivity index (χ0v) is 17.2. The molecule has 3 rings (SSSR count). The molecule has 1 N–H and O–H groups in total. The summed E-state index contributed by atoms with van der Waals surface area (Å²) in [4.78, 5) is 29.3. The second kappa shape index (κ2) is 8.86. The molecule has 0 saturated heterocycles. The number of halogens is 1. The van der Waals surface area contributed by atoms with Crippen LogP contribution in [0.4, 0.5) is 0 Å². The summed E-state index contributed by atoms with van der Waals surface area (Å²) in [5.41, 5.74) is 2.03. The number of hydrogen-bond acceptors (Lipinski definition) is 4. The SMILES string of the molecule is CNC(=O)CSc1nc2ccc(Br)cc2c(=O)n1CCC1=CCCCC1. The molecular formula is C19H22BrN3O2S. The second-order valence-electron chi connectivity index (χ2n) is 6.33. The number of hydrogen-bond donors (Lipinski definition) is 1. The minimum Gasteiger partial charge on any atom is -0.358 e. The first-order valence-electron chi connectivity index (χ1n) is 8.80. The molecule has 26 heavy (non-hydrogen) atoms. The molecule has 1 heterocycles. The van der Waals surface area contributed by atoms with Crippen molar-refractivity contribution < 1.29 is 4.79 Å². The van der Waals surface area contributed by atoms with E-state index in [4.69, 9.17) is 0 Å². The average Bonchev–Trinajstić information content (AvgIpc) is 2.66. The van der Waals surface area contributed by atoms with Crippen molar-refractivity contribution >= 4 is 44.5 Å². The van der Waals surface area contributed by atoms with Crippen LogP contribution in [0.15, 0.2) is 44.3 Å². The second-order valence-corrected chi connectivity index (χ2v) is 8.19. The quantitative estimate of drug-likeness (QED) is 0.424. The van der Waals surface area contributed by atoms with E-state index in [0.717, 1.165) is 23.7 Å². The number of amides is 1. The summed E-state index contributed by atoms with van der Waals surface area (Å²) in [6, 6.07) is 5.52. The van der Waals surface area contributed by atoms with Crippen LogP contribution < -0.4 is 10.9 Å². The van der Waals surface area contributed by atoms with E-state index >= 15 is 0 Å². The highest BCUT2D eigenvalue weighted by atomic mass is 79.9. The molecule has 1 aliphatic carbocycles. The van der Waals surface area contributed by atoms with Gasteiger partial charge in [0, 0.05) is 18.1 Å². The number of allylic oxidation sites excluding steroid dienone is 2.